The lowest BCUT2D eigenvalue weighted by Gasteiger charge is -2.06. The first kappa shape index (κ1) is 16.2. The summed E-state index contributed by atoms with van der Waals surface area (Å²) in [5.41, 5.74) is 1.53. The molecule has 0 aliphatic rings. The average Bonchev–Trinajstić information content (AvgIpc) is 2.82. The Labute approximate surface area is 143 Å². The van der Waals surface area contributed by atoms with Crippen molar-refractivity contribution in [3.63, 3.8) is 0 Å². The van der Waals surface area contributed by atoms with Crippen LogP contribution in [0.2, 0.25) is 0 Å². The van der Waals surface area contributed by atoms with E-state index in [-0.39, 0.29) is 18.4 Å². The van der Waals surface area contributed by atoms with Gasteiger partial charge in [0.25, 0.3) is 5.91 Å². The molecule has 0 bridgehead atoms. The summed E-state index contributed by atoms with van der Waals surface area (Å²) in [6.07, 6.45) is 0. The third-order valence-corrected chi connectivity index (χ3v) is 4.98. The number of carbonyl (C=O) groups is 2. The maximum absolute atomic E-state index is 11.9. The number of thiophene rings is 1. The molecule has 21 heavy (non-hydrogen) atoms. The molecule has 7 heteroatoms. The van der Waals surface area contributed by atoms with Crippen molar-refractivity contribution in [3.05, 3.63) is 55.1 Å². The second-order valence-corrected chi connectivity index (χ2v) is 7.93. The normalized spacial score (nSPS) is 10.2. The lowest BCUT2D eigenvalue weighted by atomic mass is 10.2. The molecule has 1 heterocycles. The van der Waals surface area contributed by atoms with Crippen LogP contribution in [0.25, 0.3) is 0 Å². The van der Waals surface area contributed by atoms with Crippen molar-refractivity contribution in [3.8, 4) is 0 Å². The van der Waals surface area contributed by atoms with Gasteiger partial charge in [-0.15, -0.1) is 11.3 Å². The topological polar surface area (TPSA) is 58.2 Å². The Kier molecular flexibility index (Phi) is 5.96. The molecule has 1 aromatic carbocycles. The first-order chi connectivity index (χ1) is 10.1. The van der Waals surface area contributed by atoms with Crippen LogP contribution >= 0.6 is 43.2 Å². The van der Waals surface area contributed by atoms with Crippen LogP contribution in [-0.2, 0) is 11.3 Å². The van der Waals surface area contributed by atoms with Crippen LogP contribution in [0.5, 0.6) is 0 Å². The van der Waals surface area contributed by atoms with Crippen LogP contribution in [-0.4, -0.2) is 18.4 Å². The number of halogens is 2. The molecule has 0 aliphatic heterocycles. The van der Waals surface area contributed by atoms with Gasteiger partial charge in [0.05, 0.1) is 19.7 Å². The largest absolute Gasteiger partial charge is 0.350 e. The number of hydrogen-bond acceptors (Lipinski definition) is 3. The molecule has 0 saturated heterocycles. The van der Waals surface area contributed by atoms with Gasteiger partial charge in [0.2, 0.25) is 5.91 Å². The van der Waals surface area contributed by atoms with Gasteiger partial charge in [-0.05, 0) is 43.5 Å². The van der Waals surface area contributed by atoms with E-state index in [0.717, 1.165) is 13.1 Å². The molecule has 0 unspecified atom stereocenters. The van der Waals surface area contributed by atoms with Crippen LogP contribution in [0, 0.1) is 0 Å². The Morgan fingerprint density at radius 1 is 1.10 bits per heavy atom. The van der Waals surface area contributed by atoms with Gasteiger partial charge >= 0.3 is 0 Å². The molecule has 0 spiro atoms. The number of carbonyl (C=O) groups excluding carboxylic acids is 2. The van der Waals surface area contributed by atoms with Crippen LogP contribution < -0.4 is 10.6 Å². The van der Waals surface area contributed by atoms with E-state index in [0.29, 0.717) is 12.1 Å². The lowest BCUT2D eigenvalue weighted by Crippen LogP contribution is -2.36. The minimum absolute atomic E-state index is 0.0500. The van der Waals surface area contributed by atoms with E-state index in [2.05, 4.69) is 42.5 Å². The number of amides is 2. The molecule has 0 atom stereocenters. The van der Waals surface area contributed by atoms with E-state index in [1.807, 2.05) is 30.3 Å². The summed E-state index contributed by atoms with van der Waals surface area (Å²) in [6.45, 7) is 0.398. The molecule has 0 saturated carbocycles. The highest BCUT2D eigenvalue weighted by Gasteiger charge is 2.14. The van der Waals surface area contributed by atoms with Gasteiger partial charge in [0.15, 0.2) is 0 Å². The van der Waals surface area contributed by atoms with E-state index in [1.165, 1.54) is 11.3 Å². The van der Waals surface area contributed by atoms with Crippen molar-refractivity contribution in [2.75, 3.05) is 6.54 Å². The van der Waals surface area contributed by atoms with Gasteiger partial charge in [-0.3, -0.25) is 9.59 Å². The van der Waals surface area contributed by atoms with Gasteiger partial charge in [-0.2, -0.15) is 0 Å². The Balaban J connectivity index is 1.79. The molecular formula is C14H12Br2N2O2S. The molecule has 0 radical (unpaired) electrons. The molecule has 2 aromatic rings. The van der Waals surface area contributed by atoms with Crippen molar-refractivity contribution >= 4 is 55.0 Å². The Morgan fingerprint density at radius 2 is 1.81 bits per heavy atom. The summed E-state index contributed by atoms with van der Waals surface area (Å²) < 4.78 is 1.59. The van der Waals surface area contributed by atoms with Crippen molar-refractivity contribution in [2.24, 2.45) is 0 Å². The molecule has 0 aliphatic carbocycles. The SMILES string of the molecule is O=C(CNC(=O)c1cc(Br)sc1Br)NCc1ccccc1. The summed E-state index contributed by atoms with van der Waals surface area (Å²) >= 11 is 8.04. The van der Waals surface area contributed by atoms with E-state index in [1.54, 1.807) is 6.07 Å². The molecule has 0 fully saturated rings. The van der Waals surface area contributed by atoms with Crippen molar-refractivity contribution in [1.29, 1.82) is 0 Å². The summed E-state index contributed by atoms with van der Waals surface area (Å²) in [5.74, 6) is -0.503. The second kappa shape index (κ2) is 7.72. The summed E-state index contributed by atoms with van der Waals surface area (Å²) in [4.78, 5) is 23.6. The average molecular weight is 432 g/mol. The van der Waals surface area contributed by atoms with Crippen LogP contribution in [0.4, 0.5) is 0 Å². The predicted octanol–water partition coefficient (Wildman–Crippen LogP) is 3.32. The highest BCUT2D eigenvalue weighted by molar-refractivity contribution is 9.12. The van der Waals surface area contributed by atoms with E-state index >= 15 is 0 Å². The van der Waals surface area contributed by atoms with E-state index in [9.17, 15) is 9.59 Å². The third kappa shape index (κ3) is 4.94. The fourth-order valence-electron chi connectivity index (χ4n) is 1.61. The van der Waals surface area contributed by atoms with Gasteiger partial charge in [0.1, 0.15) is 0 Å². The quantitative estimate of drug-likeness (QED) is 0.762. The summed E-state index contributed by atoms with van der Waals surface area (Å²) in [5, 5.41) is 5.35. The maximum Gasteiger partial charge on any atom is 0.253 e. The fourth-order valence-corrected chi connectivity index (χ4v) is 4.40. The van der Waals surface area contributed by atoms with Gasteiger partial charge in [-0.1, -0.05) is 30.3 Å². The molecule has 1 aromatic heterocycles. The van der Waals surface area contributed by atoms with Gasteiger partial charge in [0, 0.05) is 6.54 Å². The van der Waals surface area contributed by atoms with Crippen molar-refractivity contribution < 1.29 is 9.59 Å². The standard InChI is InChI=1S/C14H12Br2N2O2S/c15-11-6-10(13(16)21-11)14(20)18-8-12(19)17-7-9-4-2-1-3-5-9/h1-6H,7-8H2,(H,17,19)(H,18,20). The number of hydrogen-bond donors (Lipinski definition) is 2. The molecular weight excluding hydrogens is 420 g/mol. The van der Waals surface area contributed by atoms with Crippen LogP contribution in [0.3, 0.4) is 0 Å². The van der Waals surface area contributed by atoms with Crippen molar-refractivity contribution in [1.82, 2.24) is 10.6 Å². The molecule has 2 amide bonds. The smallest absolute Gasteiger partial charge is 0.253 e. The highest BCUT2D eigenvalue weighted by Crippen LogP contribution is 2.31. The van der Waals surface area contributed by atoms with E-state index in [4.69, 9.17) is 0 Å². The molecule has 110 valence electrons. The first-order valence-corrected chi connectivity index (χ1v) is 8.50. The predicted molar refractivity (Wildman–Crippen MR) is 90.3 cm³/mol. The van der Waals surface area contributed by atoms with Gasteiger partial charge in [-0.25, -0.2) is 0 Å². The number of rotatable bonds is 5. The van der Waals surface area contributed by atoms with Gasteiger partial charge < -0.3 is 10.6 Å². The minimum atomic E-state index is -0.279. The zero-order valence-corrected chi connectivity index (χ0v) is 14.8. The zero-order valence-electron chi connectivity index (χ0n) is 10.9. The van der Waals surface area contributed by atoms with Crippen molar-refractivity contribution in [2.45, 2.75) is 6.54 Å². The number of benzene rings is 1. The molecule has 2 N–H and O–H groups in total. The minimum Gasteiger partial charge on any atom is -0.350 e. The van der Waals surface area contributed by atoms with Crippen LogP contribution in [0.15, 0.2) is 44.0 Å². The van der Waals surface area contributed by atoms with Crippen LogP contribution in [0.1, 0.15) is 15.9 Å². The zero-order chi connectivity index (χ0) is 15.2. The molecule has 4 nitrogen and oxygen atoms in total. The monoisotopic (exact) mass is 430 g/mol. The number of nitrogens with one attached hydrogen (secondary N) is 2. The highest BCUT2D eigenvalue weighted by atomic mass is 79.9. The third-order valence-electron chi connectivity index (χ3n) is 2.64. The summed E-state index contributed by atoms with van der Waals surface area (Å²) in [6, 6.07) is 11.3. The first-order valence-electron chi connectivity index (χ1n) is 6.10. The Bertz CT molecular complexity index is 644. The maximum atomic E-state index is 11.9. The molecule has 2 rings (SSSR count). The second-order valence-electron chi connectivity index (χ2n) is 4.18. The summed E-state index contributed by atoms with van der Waals surface area (Å²) in [7, 11) is 0. The van der Waals surface area contributed by atoms with E-state index < -0.39 is 0 Å². The Hall–Kier alpha value is -1.18. The Morgan fingerprint density at radius 3 is 2.43 bits per heavy atom. The lowest BCUT2D eigenvalue weighted by molar-refractivity contribution is -0.120. The fraction of sp³-hybridized carbons (Fsp3) is 0.143.